The summed E-state index contributed by atoms with van der Waals surface area (Å²) in [5.74, 6) is 0.674. The maximum absolute atomic E-state index is 12.3. The number of carbonyl (C=O) groups excluding carboxylic acids is 1. The molecule has 0 fully saturated rings. The second kappa shape index (κ2) is 5.89. The quantitative estimate of drug-likeness (QED) is 0.775. The Morgan fingerprint density at radius 2 is 1.68 bits per heavy atom. The van der Waals surface area contributed by atoms with Crippen molar-refractivity contribution in [2.24, 2.45) is 0 Å². The molecule has 98 valence electrons. The number of ether oxygens (including phenoxy) is 1. The fourth-order valence-electron chi connectivity index (χ4n) is 1.76. The molecule has 0 bridgehead atoms. The predicted octanol–water partition coefficient (Wildman–Crippen LogP) is 4.36. The number of halogens is 1. The Hall–Kier alpha value is -1.80. The molecule has 19 heavy (non-hydrogen) atoms. The molecule has 2 nitrogen and oxygen atoms in total. The van der Waals surface area contributed by atoms with Crippen LogP contribution >= 0.6 is 11.6 Å². The number of hydrogen-bond acceptors (Lipinski definition) is 2. The second-order valence-electron chi connectivity index (χ2n) is 4.50. The van der Waals surface area contributed by atoms with Gasteiger partial charge in [-0.05, 0) is 50.2 Å². The molecule has 0 atom stereocenters. The van der Waals surface area contributed by atoms with Crippen LogP contribution in [0.15, 0.2) is 48.5 Å². The molecule has 0 amide bonds. The topological polar surface area (TPSA) is 26.3 Å². The summed E-state index contributed by atoms with van der Waals surface area (Å²) in [5, 5.41) is 0.468. The van der Waals surface area contributed by atoms with E-state index in [1.165, 1.54) is 0 Å². The van der Waals surface area contributed by atoms with Gasteiger partial charge in [-0.1, -0.05) is 23.7 Å². The number of ketones is 1. The summed E-state index contributed by atoms with van der Waals surface area (Å²) in [7, 11) is 0. The fourth-order valence-corrected chi connectivity index (χ4v) is 1.98. The molecule has 0 spiro atoms. The van der Waals surface area contributed by atoms with Gasteiger partial charge in [0.2, 0.25) is 0 Å². The first-order chi connectivity index (χ1) is 9.08. The minimum Gasteiger partial charge on any atom is -0.491 e. The molecule has 0 unspecified atom stereocenters. The van der Waals surface area contributed by atoms with Crippen molar-refractivity contribution >= 4 is 17.4 Å². The lowest BCUT2D eigenvalue weighted by Gasteiger charge is -2.10. The normalized spacial score (nSPS) is 10.5. The first-order valence-electron chi connectivity index (χ1n) is 6.14. The molecule has 0 aliphatic carbocycles. The molecule has 2 rings (SSSR count). The van der Waals surface area contributed by atoms with Crippen molar-refractivity contribution in [3.8, 4) is 5.75 Å². The molecule has 0 saturated heterocycles. The van der Waals surface area contributed by atoms with Gasteiger partial charge in [-0.2, -0.15) is 0 Å². The van der Waals surface area contributed by atoms with E-state index in [0.29, 0.717) is 16.1 Å². The summed E-state index contributed by atoms with van der Waals surface area (Å²) in [5.41, 5.74) is 1.12. The Balaban J connectivity index is 2.23. The monoisotopic (exact) mass is 274 g/mol. The Labute approximate surface area is 118 Å². The first kappa shape index (κ1) is 13.6. The summed E-state index contributed by atoms with van der Waals surface area (Å²) in [4.78, 5) is 12.3. The molecule has 2 aromatic carbocycles. The maximum Gasteiger partial charge on any atom is 0.194 e. The van der Waals surface area contributed by atoms with E-state index in [0.717, 1.165) is 5.75 Å². The highest BCUT2D eigenvalue weighted by molar-refractivity contribution is 6.34. The van der Waals surface area contributed by atoms with Crippen molar-refractivity contribution in [1.82, 2.24) is 0 Å². The van der Waals surface area contributed by atoms with E-state index in [1.54, 1.807) is 48.5 Å². The molecule has 3 heteroatoms. The zero-order chi connectivity index (χ0) is 13.8. The van der Waals surface area contributed by atoms with E-state index in [2.05, 4.69) is 0 Å². The zero-order valence-corrected chi connectivity index (χ0v) is 11.6. The van der Waals surface area contributed by atoms with Crippen molar-refractivity contribution in [2.75, 3.05) is 0 Å². The van der Waals surface area contributed by atoms with Gasteiger partial charge in [-0.15, -0.1) is 0 Å². The van der Waals surface area contributed by atoms with Crippen LogP contribution in [0.2, 0.25) is 5.02 Å². The zero-order valence-electron chi connectivity index (χ0n) is 10.9. The summed E-state index contributed by atoms with van der Waals surface area (Å²) < 4.78 is 5.54. The largest absolute Gasteiger partial charge is 0.491 e. The van der Waals surface area contributed by atoms with Crippen LogP contribution in [0.4, 0.5) is 0 Å². The number of hydrogen-bond donors (Lipinski definition) is 0. The van der Waals surface area contributed by atoms with Crippen LogP contribution < -0.4 is 4.74 Å². The lowest BCUT2D eigenvalue weighted by atomic mass is 10.0. The van der Waals surface area contributed by atoms with Crippen molar-refractivity contribution in [3.05, 3.63) is 64.7 Å². The summed E-state index contributed by atoms with van der Waals surface area (Å²) in [6, 6.07) is 14.1. The molecule has 0 aliphatic rings. The van der Waals surface area contributed by atoms with Crippen molar-refractivity contribution in [1.29, 1.82) is 0 Å². The van der Waals surface area contributed by atoms with Crippen LogP contribution in [0.25, 0.3) is 0 Å². The van der Waals surface area contributed by atoms with Crippen LogP contribution in [0.1, 0.15) is 29.8 Å². The Bertz CT molecular complexity index is 574. The lowest BCUT2D eigenvalue weighted by Crippen LogP contribution is -2.06. The van der Waals surface area contributed by atoms with Crippen LogP contribution in [0.5, 0.6) is 5.75 Å². The van der Waals surface area contributed by atoms with Crippen LogP contribution in [0.3, 0.4) is 0 Å². The molecule has 0 N–H and O–H groups in total. The van der Waals surface area contributed by atoms with Crippen molar-refractivity contribution in [2.45, 2.75) is 20.0 Å². The minimum absolute atomic E-state index is 0.0818. The van der Waals surface area contributed by atoms with Gasteiger partial charge in [0.1, 0.15) is 5.75 Å². The molecular weight excluding hydrogens is 260 g/mol. The molecule has 0 aliphatic heterocycles. The van der Waals surface area contributed by atoms with Crippen LogP contribution in [0, 0.1) is 0 Å². The third-order valence-electron chi connectivity index (χ3n) is 2.61. The summed E-state index contributed by atoms with van der Waals surface area (Å²) in [6.07, 6.45) is 0.116. The molecular formula is C16H15ClO2. The second-order valence-corrected chi connectivity index (χ2v) is 4.91. The van der Waals surface area contributed by atoms with Gasteiger partial charge >= 0.3 is 0 Å². The minimum atomic E-state index is -0.0818. The highest BCUT2D eigenvalue weighted by Crippen LogP contribution is 2.21. The van der Waals surface area contributed by atoms with E-state index < -0.39 is 0 Å². The number of rotatable bonds is 4. The van der Waals surface area contributed by atoms with Gasteiger partial charge in [0.15, 0.2) is 5.78 Å². The van der Waals surface area contributed by atoms with E-state index in [1.807, 2.05) is 13.8 Å². The number of benzene rings is 2. The van der Waals surface area contributed by atoms with E-state index in [4.69, 9.17) is 16.3 Å². The maximum atomic E-state index is 12.3. The SMILES string of the molecule is CC(C)Oc1ccc(C(=O)c2ccccc2Cl)cc1. The standard InChI is InChI=1S/C16H15ClO2/c1-11(2)19-13-9-7-12(8-10-13)16(18)14-5-3-4-6-15(14)17/h3-11H,1-2H3. The fraction of sp³-hybridized carbons (Fsp3) is 0.188. The smallest absolute Gasteiger partial charge is 0.194 e. The van der Waals surface area contributed by atoms with Gasteiger partial charge in [-0.25, -0.2) is 0 Å². The molecule has 2 aromatic rings. The van der Waals surface area contributed by atoms with Crippen LogP contribution in [-0.2, 0) is 0 Å². The summed E-state index contributed by atoms with van der Waals surface area (Å²) >= 11 is 6.02. The highest BCUT2D eigenvalue weighted by atomic mass is 35.5. The van der Waals surface area contributed by atoms with Gasteiger partial charge in [-0.3, -0.25) is 4.79 Å². The molecule has 0 radical (unpaired) electrons. The van der Waals surface area contributed by atoms with Gasteiger partial charge in [0.25, 0.3) is 0 Å². The van der Waals surface area contributed by atoms with Gasteiger partial charge in [0, 0.05) is 11.1 Å². The van der Waals surface area contributed by atoms with Crippen LogP contribution in [-0.4, -0.2) is 11.9 Å². The number of carbonyl (C=O) groups is 1. The van der Waals surface area contributed by atoms with Gasteiger partial charge < -0.3 is 4.74 Å². The third-order valence-corrected chi connectivity index (χ3v) is 2.94. The van der Waals surface area contributed by atoms with Crippen molar-refractivity contribution in [3.63, 3.8) is 0 Å². The first-order valence-corrected chi connectivity index (χ1v) is 6.51. The van der Waals surface area contributed by atoms with E-state index in [9.17, 15) is 4.79 Å². The summed E-state index contributed by atoms with van der Waals surface area (Å²) in [6.45, 7) is 3.92. The molecule has 0 aromatic heterocycles. The average molecular weight is 275 g/mol. The third kappa shape index (κ3) is 3.36. The predicted molar refractivity (Wildman–Crippen MR) is 77.1 cm³/mol. The Kier molecular flexibility index (Phi) is 4.23. The average Bonchev–Trinajstić information content (AvgIpc) is 2.39. The van der Waals surface area contributed by atoms with E-state index in [-0.39, 0.29) is 11.9 Å². The Morgan fingerprint density at radius 3 is 2.26 bits per heavy atom. The van der Waals surface area contributed by atoms with E-state index >= 15 is 0 Å². The van der Waals surface area contributed by atoms with Crippen molar-refractivity contribution < 1.29 is 9.53 Å². The lowest BCUT2D eigenvalue weighted by molar-refractivity contribution is 0.103. The van der Waals surface area contributed by atoms with Gasteiger partial charge in [0.05, 0.1) is 11.1 Å². The Morgan fingerprint density at radius 1 is 1.05 bits per heavy atom. The molecule has 0 heterocycles. The molecule has 0 saturated carbocycles. The highest BCUT2D eigenvalue weighted by Gasteiger charge is 2.12.